The Balaban J connectivity index is 2.00. The zero-order valence-electron chi connectivity index (χ0n) is 13.3. The Labute approximate surface area is 135 Å². The first-order valence-electron chi connectivity index (χ1n) is 7.89. The van der Waals surface area contributed by atoms with Gasteiger partial charge in [0.2, 0.25) is 6.41 Å². The van der Waals surface area contributed by atoms with Gasteiger partial charge in [-0.1, -0.05) is 19.4 Å². The lowest BCUT2D eigenvalue weighted by atomic mass is 10.2. The highest BCUT2D eigenvalue weighted by atomic mass is 16.2. The highest BCUT2D eigenvalue weighted by molar-refractivity contribution is 5.96. The predicted molar refractivity (Wildman–Crippen MR) is 85.0 cm³/mol. The van der Waals surface area contributed by atoms with Gasteiger partial charge in [-0.2, -0.15) is 0 Å². The molecule has 1 saturated heterocycles. The fourth-order valence-corrected chi connectivity index (χ4v) is 2.34. The normalized spacial score (nSPS) is 14.5. The summed E-state index contributed by atoms with van der Waals surface area (Å²) in [7, 11) is 0. The fourth-order valence-electron chi connectivity index (χ4n) is 2.34. The maximum absolute atomic E-state index is 12.5. The molecule has 1 aliphatic rings. The summed E-state index contributed by atoms with van der Waals surface area (Å²) in [5.74, 6) is -0.474. The molecule has 0 spiro atoms. The quantitative estimate of drug-likeness (QED) is 0.612. The minimum Gasteiger partial charge on any atom is -0.351 e. The Bertz CT molecular complexity index is 568. The Morgan fingerprint density at radius 3 is 2.57 bits per heavy atom. The number of hydrogen-bond donors (Lipinski definition) is 1. The lowest BCUT2D eigenvalue weighted by Gasteiger charge is -2.32. The van der Waals surface area contributed by atoms with Crippen LogP contribution in [0.2, 0.25) is 0 Å². The Morgan fingerprint density at radius 1 is 1.22 bits per heavy atom. The first kappa shape index (κ1) is 16.9. The summed E-state index contributed by atoms with van der Waals surface area (Å²) in [6, 6.07) is 4.87. The minimum atomic E-state index is -0.265. The smallest absolute Gasteiger partial charge is 0.272 e. The third-order valence-corrected chi connectivity index (χ3v) is 3.77. The molecule has 0 unspecified atom stereocenters. The van der Waals surface area contributed by atoms with Crippen LogP contribution >= 0.6 is 0 Å². The van der Waals surface area contributed by atoms with E-state index in [9.17, 15) is 14.4 Å². The Hall–Kier alpha value is -2.44. The highest BCUT2D eigenvalue weighted by Crippen LogP contribution is 2.07. The van der Waals surface area contributed by atoms with Crippen LogP contribution < -0.4 is 5.32 Å². The Morgan fingerprint density at radius 2 is 1.91 bits per heavy atom. The van der Waals surface area contributed by atoms with Crippen molar-refractivity contribution in [3.8, 4) is 0 Å². The van der Waals surface area contributed by atoms with E-state index in [-0.39, 0.29) is 23.2 Å². The fraction of sp³-hybridized carbons (Fsp3) is 0.500. The van der Waals surface area contributed by atoms with Crippen LogP contribution in [0, 0.1) is 0 Å². The third kappa shape index (κ3) is 4.51. The number of nitrogens with zero attached hydrogens (tertiary/aromatic N) is 3. The molecule has 7 nitrogen and oxygen atoms in total. The second kappa shape index (κ2) is 8.26. The molecular weight excluding hydrogens is 296 g/mol. The van der Waals surface area contributed by atoms with Crippen LogP contribution in [0.25, 0.3) is 0 Å². The largest absolute Gasteiger partial charge is 0.351 e. The van der Waals surface area contributed by atoms with Crippen LogP contribution in [0.3, 0.4) is 0 Å². The highest BCUT2D eigenvalue weighted by Gasteiger charge is 2.22. The van der Waals surface area contributed by atoms with Gasteiger partial charge in [0.15, 0.2) is 0 Å². The number of aromatic nitrogens is 1. The van der Waals surface area contributed by atoms with Crippen molar-refractivity contribution in [2.75, 3.05) is 32.7 Å². The molecule has 0 aliphatic carbocycles. The number of pyridine rings is 1. The molecule has 0 aromatic carbocycles. The molecule has 2 rings (SSSR count). The molecule has 1 fully saturated rings. The van der Waals surface area contributed by atoms with Gasteiger partial charge in [0.1, 0.15) is 11.4 Å². The summed E-state index contributed by atoms with van der Waals surface area (Å²) in [5.41, 5.74) is 0.506. The molecule has 1 N–H and O–H groups in total. The van der Waals surface area contributed by atoms with Crippen molar-refractivity contribution in [2.24, 2.45) is 0 Å². The summed E-state index contributed by atoms with van der Waals surface area (Å²) in [5, 5.41) is 2.79. The van der Waals surface area contributed by atoms with E-state index in [4.69, 9.17) is 0 Å². The van der Waals surface area contributed by atoms with Gasteiger partial charge in [-0.05, 0) is 18.6 Å². The molecular formula is C16H22N4O3. The average Bonchev–Trinajstić information content (AvgIpc) is 2.61. The average molecular weight is 318 g/mol. The van der Waals surface area contributed by atoms with E-state index in [2.05, 4.69) is 10.3 Å². The summed E-state index contributed by atoms with van der Waals surface area (Å²) < 4.78 is 0. The van der Waals surface area contributed by atoms with Crippen LogP contribution in [-0.2, 0) is 4.79 Å². The van der Waals surface area contributed by atoms with Gasteiger partial charge in [0.25, 0.3) is 11.8 Å². The number of nitrogens with one attached hydrogen (secondary N) is 1. The van der Waals surface area contributed by atoms with Crippen LogP contribution in [0.15, 0.2) is 18.2 Å². The van der Waals surface area contributed by atoms with Crippen LogP contribution in [-0.4, -0.2) is 65.7 Å². The SMILES string of the molecule is CCCCNC(=O)c1cccc(C(=O)N2CCN(C=O)CC2)n1. The topological polar surface area (TPSA) is 82.6 Å². The van der Waals surface area contributed by atoms with E-state index in [0.29, 0.717) is 32.7 Å². The van der Waals surface area contributed by atoms with Crippen molar-refractivity contribution in [3.05, 3.63) is 29.6 Å². The van der Waals surface area contributed by atoms with Gasteiger partial charge >= 0.3 is 0 Å². The van der Waals surface area contributed by atoms with Gasteiger partial charge in [0, 0.05) is 32.7 Å². The van der Waals surface area contributed by atoms with E-state index < -0.39 is 0 Å². The van der Waals surface area contributed by atoms with Crippen molar-refractivity contribution >= 4 is 18.2 Å². The van der Waals surface area contributed by atoms with Gasteiger partial charge in [-0.25, -0.2) is 4.98 Å². The lowest BCUT2D eigenvalue weighted by molar-refractivity contribution is -0.119. The van der Waals surface area contributed by atoms with Crippen molar-refractivity contribution in [1.82, 2.24) is 20.1 Å². The van der Waals surface area contributed by atoms with E-state index in [0.717, 1.165) is 19.3 Å². The molecule has 3 amide bonds. The van der Waals surface area contributed by atoms with Gasteiger partial charge in [-0.15, -0.1) is 0 Å². The number of unbranched alkanes of at least 4 members (excludes halogenated alkanes) is 1. The zero-order valence-corrected chi connectivity index (χ0v) is 13.3. The lowest BCUT2D eigenvalue weighted by Crippen LogP contribution is -2.48. The molecule has 2 heterocycles. The van der Waals surface area contributed by atoms with Crippen molar-refractivity contribution in [3.63, 3.8) is 0 Å². The maximum atomic E-state index is 12.5. The molecule has 0 atom stereocenters. The first-order chi connectivity index (χ1) is 11.2. The van der Waals surface area contributed by atoms with E-state index in [1.54, 1.807) is 28.0 Å². The molecule has 0 saturated carbocycles. The number of carbonyl (C=O) groups is 3. The van der Waals surface area contributed by atoms with Gasteiger partial charge in [0.05, 0.1) is 0 Å². The summed E-state index contributed by atoms with van der Waals surface area (Å²) >= 11 is 0. The molecule has 7 heteroatoms. The maximum Gasteiger partial charge on any atom is 0.272 e. The second-order valence-electron chi connectivity index (χ2n) is 5.45. The molecule has 1 aromatic heterocycles. The Kier molecular flexibility index (Phi) is 6.08. The molecule has 23 heavy (non-hydrogen) atoms. The van der Waals surface area contributed by atoms with Crippen molar-refractivity contribution in [1.29, 1.82) is 0 Å². The van der Waals surface area contributed by atoms with E-state index in [1.807, 2.05) is 6.92 Å². The predicted octanol–water partition coefficient (Wildman–Crippen LogP) is 0.526. The number of piperazine rings is 1. The first-order valence-corrected chi connectivity index (χ1v) is 7.89. The van der Waals surface area contributed by atoms with Gasteiger partial charge in [-0.3, -0.25) is 14.4 Å². The number of rotatable bonds is 6. The third-order valence-electron chi connectivity index (χ3n) is 3.77. The van der Waals surface area contributed by atoms with E-state index >= 15 is 0 Å². The van der Waals surface area contributed by atoms with E-state index in [1.165, 1.54) is 0 Å². The van der Waals surface area contributed by atoms with Crippen molar-refractivity contribution < 1.29 is 14.4 Å². The molecule has 0 radical (unpaired) electrons. The monoisotopic (exact) mass is 318 g/mol. The number of hydrogen-bond acceptors (Lipinski definition) is 4. The summed E-state index contributed by atoms with van der Waals surface area (Å²) in [4.78, 5) is 42.6. The molecule has 1 aromatic rings. The number of carbonyl (C=O) groups excluding carboxylic acids is 3. The summed E-state index contributed by atoms with van der Waals surface area (Å²) in [6.07, 6.45) is 2.70. The van der Waals surface area contributed by atoms with Crippen LogP contribution in [0.5, 0.6) is 0 Å². The number of amides is 3. The minimum absolute atomic E-state index is 0.209. The molecule has 124 valence electrons. The molecule has 1 aliphatic heterocycles. The zero-order chi connectivity index (χ0) is 16.7. The molecule has 0 bridgehead atoms. The standard InChI is InChI=1S/C16H22N4O3/c1-2-3-7-17-15(22)13-5-4-6-14(18-13)16(23)20-10-8-19(12-21)9-11-20/h4-6,12H,2-3,7-11H2,1H3,(H,17,22). The summed E-state index contributed by atoms with van der Waals surface area (Å²) in [6.45, 7) is 4.65. The van der Waals surface area contributed by atoms with Crippen LogP contribution in [0.1, 0.15) is 40.7 Å². The van der Waals surface area contributed by atoms with Crippen LogP contribution in [0.4, 0.5) is 0 Å². The van der Waals surface area contributed by atoms with Crippen molar-refractivity contribution in [2.45, 2.75) is 19.8 Å². The second-order valence-corrected chi connectivity index (χ2v) is 5.45. The van der Waals surface area contributed by atoms with Gasteiger partial charge < -0.3 is 15.1 Å².